The Labute approximate surface area is 165 Å². The van der Waals surface area contributed by atoms with Gasteiger partial charge in [-0.25, -0.2) is 4.79 Å². The van der Waals surface area contributed by atoms with E-state index in [9.17, 15) is 14.4 Å². The molecule has 2 saturated heterocycles. The lowest BCUT2D eigenvalue weighted by atomic mass is 9.73. The summed E-state index contributed by atoms with van der Waals surface area (Å²) < 4.78 is 0. The summed E-state index contributed by atoms with van der Waals surface area (Å²) in [6.45, 7) is 4.54. The summed E-state index contributed by atoms with van der Waals surface area (Å²) in [6.07, 6.45) is 3.60. The highest BCUT2D eigenvalue weighted by Crippen LogP contribution is 2.38. The molecule has 0 aromatic heterocycles. The van der Waals surface area contributed by atoms with E-state index in [4.69, 9.17) is 0 Å². The number of anilines is 1. The molecule has 28 heavy (non-hydrogen) atoms. The number of para-hydroxylation sites is 1. The second-order valence-corrected chi connectivity index (χ2v) is 8.14. The van der Waals surface area contributed by atoms with Crippen molar-refractivity contribution in [2.75, 3.05) is 37.6 Å². The Morgan fingerprint density at radius 3 is 2.50 bits per heavy atom. The molecule has 1 spiro atoms. The zero-order chi connectivity index (χ0) is 19.7. The van der Waals surface area contributed by atoms with Crippen molar-refractivity contribution in [3.63, 3.8) is 0 Å². The van der Waals surface area contributed by atoms with Gasteiger partial charge in [0.05, 0.1) is 0 Å². The normalized spacial score (nSPS) is 28.0. The third-order valence-corrected chi connectivity index (χ3v) is 6.55. The Kier molecular flexibility index (Phi) is 5.00. The molecule has 150 valence electrons. The highest BCUT2D eigenvalue weighted by Gasteiger charge is 2.55. The van der Waals surface area contributed by atoms with E-state index in [2.05, 4.69) is 22.3 Å². The molecule has 7 heteroatoms. The predicted molar refractivity (Wildman–Crippen MR) is 106 cm³/mol. The van der Waals surface area contributed by atoms with Gasteiger partial charge in [0.2, 0.25) is 5.91 Å². The lowest BCUT2D eigenvalue weighted by Gasteiger charge is -2.37. The zero-order valence-electron chi connectivity index (χ0n) is 16.4. The quantitative estimate of drug-likeness (QED) is 0.807. The summed E-state index contributed by atoms with van der Waals surface area (Å²) in [5.41, 5.74) is 0.346. The fraction of sp³-hybridized carbons (Fsp3) is 0.571. The average Bonchev–Trinajstić information content (AvgIpc) is 2.96. The first kappa shape index (κ1) is 18.8. The Morgan fingerprint density at radius 2 is 1.82 bits per heavy atom. The maximum atomic E-state index is 13.0. The Bertz CT molecular complexity index is 760. The molecule has 3 aliphatic rings. The van der Waals surface area contributed by atoms with E-state index in [-0.39, 0.29) is 24.3 Å². The standard InChI is InChI=1S/C21H28N4O3/c1-16-7-5-6-10-21(16)19(27)25(20(28)22-21)15-18(26)24-13-11-23(12-14-24)17-8-3-2-4-9-17/h2-4,8-9,16H,5-7,10-15H2,1H3,(H,22,28)/t16-,21+/m0/s1. The molecule has 2 aliphatic heterocycles. The second-order valence-electron chi connectivity index (χ2n) is 8.14. The summed E-state index contributed by atoms with van der Waals surface area (Å²) in [7, 11) is 0. The molecule has 2 atom stereocenters. The fourth-order valence-corrected chi connectivity index (χ4v) is 4.73. The molecule has 0 radical (unpaired) electrons. The van der Waals surface area contributed by atoms with E-state index in [1.54, 1.807) is 4.90 Å². The van der Waals surface area contributed by atoms with Gasteiger partial charge >= 0.3 is 6.03 Å². The van der Waals surface area contributed by atoms with Crippen LogP contribution in [0.4, 0.5) is 10.5 Å². The van der Waals surface area contributed by atoms with E-state index in [1.165, 1.54) is 0 Å². The lowest BCUT2D eigenvalue weighted by Crippen LogP contribution is -2.54. The van der Waals surface area contributed by atoms with E-state index in [1.807, 2.05) is 25.1 Å². The molecule has 0 bridgehead atoms. The number of carbonyl (C=O) groups excluding carboxylic acids is 3. The number of rotatable bonds is 3. The van der Waals surface area contributed by atoms with Crippen LogP contribution in [-0.2, 0) is 9.59 Å². The molecule has 0 unspecified atom stereocenters. The smallest absolute Gasteiger partial charge is 0.325 e. The van der Waals surface area contributed by atoms with Crippen LogP contribution in [0.15, 0.2) is 30.3 Å². The van der Waals surface area contributed by atoms with Gasteiger partial charge in [-0.1, -0.05) is 38.0 Å². The summed E-state index contributed by atoms with van der Waals surface area (Å²) in [5, 5.41) is 2.91. The number of benzene rings is 1. The predicted octanol–water partition coefficient (Wildman–Crippen LogP) is 1.84. The van der Waals surface area contributed by atoms with Crippen LogP contribution in [0.25, 0.3) is 0 Å². The van der Waals surface area contributed by atoms with Crippen LogP contribution in [0.2, 0.25) is 0 Å². The molecule has 1 aromatic carbocycles. The van der Waals surface area contributed by atoms with Crippen LogP contribution in [0.5, 0.6) is 0 Å². The first-order valence-electron chi connectivity index (χ1n) is 10.2. The van der Waals surface area contributed by atoms with Crippen molar-refractivity contribution in [3.05, 3.63) is 30.3 Å². The van der Waals surface area contributed by atoms with Gasteiger partial charge in [0, 0.05) is 31.9 Å². The van der Waals surface area contributed by atoms with Crippen LogP contribution < -0.4 is 10.2 Å². The number of hydrogen-bond donors (Lipinski definition) is 1. The van der Waals surface area contributed by atoms with Crippen molar-refractivity contribution >= 4 is 23.5 Å². The van der Waals surface area contributed by atoms with Crippen molar-refractivity contribution in [1.29, 1.82) is 0 Å². The molecule has 1 aromatic rings. The molecule has 4 amide bonds. The van der Waals surface area contributed by atoms with Crippen LogP contribution in [-0.4, -0.2) is 65.9 Å². The molecule has 1 N–H and O–H groups in total. The molecule has 1 saturated carbocycles. The Balaban J connectivity index is 1.36. The van der Waals surface area contributed by atoms with E-state index in [0.29, 0.717) is 19.5 Å². The van der Waals surface area contributed by atoms with Crippen molar-refractivity contribution < 1.29 is 14.4 Å². The highest BCUT2D eigenvalue weighted by molar-refractivity contribution is 6.09. The number of piperazine rings is 1. The van der Waals surface area contributed by atoms with Crippen LogP contribution in [0.1, 0.15) is 32.6 Å². The second kappa shape index (κ2) is 7.45. The van der Waals surface area contributed by atoms with Gasteiger partial charge in [0.1, 0.15) is 12.1 Å². The number of amides is 4. The minimum atomic E-state index is -0.804. The molecule has 2 heterocycles. The van der Waals surface area contributed by atoms with Gasteiger partial charge in [-0.2, -0.15) is 0 Å². The van der Waals surface area contributed by atoms with E-state index < -0.39 is 11.6 Å². The highest BCUT2D eigenvalue weighted by atomic mass is 16.2. The van der Waals surface area contributed by atoms with Gasteiger partial charge in [-0.3, -0.25) is 14.5 Å². The number of nitrogens with zero attached hydrogens (tertiary/aromatic N) is 3. The molecule has 3 fully saturated rings. The number of nitrogens with one attached hydrogen (secondary N) is 1. The lowest BCUT2D eigenvalue weighted by molar-refractivity contribution is -0.140. The molecule has 4 rings (SSSR count). The van der Waals surface area contributed by atoms with Crippen molar-refractivity contribution in [1.82, 2.24) is 15.1 Å². The summed E-state index contributed by atoms with van der Waals surface area (Å²) in [4.78, 5) is 43.4. The van der Waals surface area contributed by atoms with Crippen molar-refractivity contribution in [2.24, 2.45) is 5.92 Å². The maximum Gasteiger partial charge on any atom is 0.325 e. The Hall–Kier alpha value is -2.57. The average molecular weight is 384 g/mol. The SMILES string of the molecule is C[C@H]1CCCC[C@@]12NC(=O)N(CC(=O)N1CCN(c3ccccc3)CC1)C2=O. The van der Waals surface area contributed by atoms with Gasteiger partial charge < -0.3 is 15.1 Å². The number of urea groups is 1. The third kappa shape index (κ3) is 3.23. The number of carbonyl (C=O) groups is 3. The Morgan fingerprint density at radius 1 is 1.11 bits per heavy atom. The first-order chi connectivity index (χ1) is 13.5. The fourth-order valence-electron chi connectivity index (χ4n) is 4.73. The van der Waals surface area contributed by atoms with Gasteiger partial charge in [0.15, 0.2) is 0 Å². The van der Waals surface area contributed by atoms with Gasteiger partial charge in [-0.15, -0.1) is 0 Å². The van der Waals surface area contributed by atoms with Gasteiger partial charge in [0.25, 0.3) is 5.91 Å². The zero-order valence-corrected chi connectivity index (χ0v) is 16.4. The number of imide groups is 1. The minimum absolute atomic E-state index is 0.104. The molecular weight excluding hydrogens is 356 g/mol. The summed E-state index contributed by atoms with van der Waals surface area (Å²) in [6, 6.07) is 9.71. The van der Waals surface area contributed by atoms with Crippen molar-refractivity contribution in [3.8, 4) is 0 Å². The molecule has 7 nitrogen and oxygen atoms in total. The topological polar surface area (TPSA) is 73.0 Å². The summed E-state index contributed by atoms with van der Waals surface area (Å²) >= 11 is 0. The molecule has 1 aliphatic carbocycles. The first-order valence-corrected chi connectivity index (χ1v) is 10.2. The maximum absolute atomic E-state index is 13.0. The van der Waals surface area contributed by atoms with Crippen molar-refractivity contribution in [2.45, 2.75) is 38.1 Å². The largest absolute Gasteiger partial charge is 0.368 e. The van der Waals surface area contributed by atoms with E-state index >= 15 is 0 Å². The van der Waals surface area contributed by atoms with Crippen LogP contribution in [0.3, 0.4) is 0 Å². The van der Waals surface area contributed by atoms with E-state index in [0.717, 1.165) is 42.9 Å². The van der Waals surface area contributed by atoms with Gasteiger partial charge in [-0.05, 0) is 30.9 Å². The van der Waals surface area contributed by atoms with Crippen LogP contribution >= 0.6 is 0 Å². The summed E-state index contributed by atoms with van der Waals surface area (Å²) in [5.74, 6) is -0.273. The monoisotopic (exact) mass is 384 g/mol. The minimum Gasteiger partial charge on any atom is -0.368 e. The number of hydrogen-bond acceptors (Lipinski definition) is 4. The van der Waals surface area contributed by atoms with Crippen LogP contribution in [0, 0.1) is 5.92 Å². The molecular formula is C21H28N4O3. The third-order valence-electron chi connectivity index (χ3n) is 6.55.